The lowest BCUT2D eigenvalue weighted by Crippen LogP contribution is -2.21. The van der Waals surface area contributed by atoms with E-state index in [2.05, 4.69) is 30.7 Å². The predicted molar refractivity (Wildman–Crippen MR) is 71.4 cm³/mol. The lowest BCUT2D eigenvalue weighted by atomic mass is 9.73. The third-order valence-electron chi connectivity index (χ3n) is 3.83. The van der Waals surface area contributed by atoms with Crippen LogP contribution in [0.2, 0.25) is 5.15 Å². The molecule has 0 bridgehead atoms. The molecule has 1 saturated carbocycles. The van der Waals surface area contributed by atoms with E-state index in [1.54, 1.807) is 0 Å². The van der Waals surface area contributed by atoms with Crippen LogP contribution in [-0.2, 0) is 6.42 Å². The van der Waals surface area contributed by atoms with Gasteiger partial charge in [-0.25, -0.2) is 9.97 Å². The molecule has 1 aromatic rings. The second-order valence-electron chi connectivity index (χ2n) is 5.83. The molecule has 2 nitrogen and oxygen atoms in total. The minimum absolute atomic E-state index is 0.489. The number of halogens is 1. The van der Waals surface area contributed by atoms with Gasteiger partial charge in [0.2, 0.25) is 0 Å². The van der Waals surface area contributed by atoms with Crippen LogP contribution in [-0.4, -0.2) is 9.97 Å². The molecule has 0 saturated heterocycles. The van der Waals surface area contributed by atoms with E-state index < -0.39 is 0 Å². The molecule has 0 radical (unpaired) electrons. The third kappa shape index (κ3) is 3.19. The minimum atomic E-state index is 0.489. The van der Waals surface area contributed by atoms with Gasteiger partial charge in [-0.15, -0.1) is 0 Å². The topological polar surface area (TPSA) is 25.8 Å². The number of hydrogen-bond donors (Lipinski definition) is 0. The van der Waals surface area contributed by atoms with Crippen LogP contribution in [0.4, 0.5) is 0 Å². The van der Waals surface area contributed by atoms with E-state index in [-0.39, 0.29) is 0 Å². The zero-order valence-corrected chi connectivity index (χ0v) is 11.7. The molecule has 1 aliphatic carbocycles. The molecule has 1 aliphatic rings. The summed E-state index contributed by atoms with van der Waals surface area (Å²) in [5.74, 6) is 1.47. The minimum Gasteiger partial charge on any atom is -0.238 e. The number of aryl methyl sites for hydroxylation is 1. The molecule has 0 N–H and O–H groups in total. The smallest absolute Gasteiger partial charge is 0.133 e. The maximum atomic E-state index is 6.05. The highest BCUT2D eigenvalue weighted by molar-refractivity contribution is 6.29. The van der Waals surface area contributed by atoms with E-state index in [0.29, 0.717) is 16.5 Å². The summed E-state index contributed by atoms with van der Waals surface area (Å²) in [6, 6.07) is 1.87. The Labute approximate surface area is 109 Å². The second kappa shape index (κ2) is 4.93. The molecule has 1 aromatic heterocycles. The van der Waals surface area contributed by atoms with Crippen LogP contribution in [0, 0.1) is 5.41 Å². The molecule has 0 aliphatic heterocycles. The van der Waals surface area contributed by atoms with Gasteiger partial charge in [-0.1, -0.05) is 32.4 Å². The summed E-state index contributed by atoms with van der Waals surface area (Å²) in [6.45, 7) is 6.80. The molecule has 1 heterocycles. The highest BCUT2D eigenvalue weighted by atomic mass is 35.5. The van der Waals surface area contributed by atoms with E-state index in [0.717, 1.165) is 17.9 Å². The summed E-state index contributed by atoms with van der Waals surface area (Å²) >= 11 is 6.05. The van der Waals surface area contributed by atoms with Crippen LogP contribution < -0.4 is 0 Å². The Morgan fingerprint density at radius 1 is 1.29 bits per heavy atom. The van der Waals surface area contributed by atoms with Crippen molar-refractivity contribution in [1.82, 2.24) is 9.97 Å². The number of aromatic nitrogens is 2. The summed E-state index contributed by atoms with van der Waals surface area (Å²) in [5.41, 5.74) is 1.55. The van der Waals surface area contributed by atoms with E-state index in [9.17, 15) is 0 Å². The second-order valence-corrected chi connectivity index (χ2v) is 6.22. The standard InChI is InChI=1S/C14H21ClN2/c1-4-11-9-12(15)17-13(16-11)10-5-7-14(2,3)8-6-10/h9-10H,4-8H2,1-3H3. The molecule has 0 spiro atoms. The molecule has 0 unspecified atom stereocenters. The largest absolute Gasteiger partial charge is 0.238 e. The van der Waals surface area contributed by atoms with Crippen LogP contribution in [0.15, 0.2) is 6.07 Å². The zero-order chi connectivity index (χ0) is 12.5. The lowest BCUT2D eigenvalue weighted by Gasteiger charge is -2.33. The Morgan fingerprint density at radius 3 is 2.53 bits per heavy atom. The van der Waals surface area contributed by atoms with E-state index >= 15 is 0 Å². The first-order valence-electron chi connectivity index (χ1n) is 6.53. The Balaban J connectivity index is 2.15. The molecule has 3 heteroatoms. The first kappa shape index (κ1) is 12.8. The van der Waals surface area contributed by atoms with Crippen molar-refractivity contribution < 1.29 is 0 Å². The monoisotopic (exact) mass is 252 g/mol. The van der Waals surface area contributed by atoms with Crippen LogP contribution in [0.25, 0.3) is 0 Å². The molecule has 94 valence electrons. The van der Waals surface area contributed by atoms with Crippen molar-refractivity contribution in [3.8, 4) is 0 Å². The number of nitrogens with zero attached hydrogens (tertiary/aromatic N) is 2. The van der Waals surface area contributed by atoms with Gasteiger partial charge in [0.25, 0.3) is 0 Å². The van der Waals surface area contributed by atoms with Crippen molar-refractivity contribution in [1.29, 1.82) is 0 Å². The lowest BCUT2D eigenvalue weighted by molar-refractivity contribution is 0.220. The molecular formula is C14H21ClN2. The van der Waals surface area contributed by atoms with E-state index in [1.165, 1.54) is 25.7 Å². The van der Waals surface area contributed by atoms with Crippen LogP contribution in [0.3, 0.4) is 0 Å². The molecule has 2 rings (SSSR count). The van der Waals surface area contributed by atoms with Gasteiger partial charge in [-0.05, 0) is 43.6 Å². The highest BCUT2D eigenvalue weighted by Gasteiger charge is 2.29. The van der Waals surface area contributed by atoms with Gasteiger partial charge in [0.05, 0.1) is 0 Å². The summed E-state index contributed by atoms with van der Waals surface area (Å²) in [5, 5.41) is 0.594. The summed E-state index contributed by atoms with van der Waals surface area (Å²) in [7, 11) is 0. The Hall–Kier alpha value is -0.630. The number of rotatable bonds is 2. The maximum absolute atomic E-state index is 6.05. The summed E-state index contributed by atoms with van der Waals surface area (Å²) in [6.07, 6.45) is 5.82. The van der Waals surface area contributed by atoms with Gasteiger partial charge in [-0.2, -0.15) is 0 Å². The van der Waals surface area contributed by atoms with E-state index in [1.807, 2.05) is 6.07 Å². The summed E-state index contributed by atoms with van der Waals surface area (Å²) in [4.78, 5) is 9.04. The van der Waals surface area contributed by atoms with Crippen molar-refractivity contribution >= 4 is 11.6 Å². The number of hydrogen-bond acceptors (Lipinski definition) is 2. The van der Waals surface area contributed by atoms with Gasteiger partial charge >= 0.3 is 0 Å². The quantitative estimate of drug-likeness (QED) is 0.730. The normalized spacial score (nSPS) is 20.5. The zero-order valence-electron chi connectivity index (χ0n) is 11.0. The fourth-order valence-electron chi connectivity index (χ4n) is 2.50. The van der Waals surface area contributed by atoms with Crippen LogP contribution in [0.5, 0.6) is 0 Å². The fraction of sp³-hybridized carbons (Fsp3) is 0.714. The first-order valence-corrected chi connectivity index (χ1v) is 6.91. The van der Waals surface area contributed by atoms with Crippen LogP contribution >= 0.6 is 11.6 Å². The Morgan fingerprint density at radius 2 is 1.94 bits per heavy atom. The molecule has 0 atom stereocenters. The third-order valence-corrected chi connectivity index (χ3v) is 4.03. The Bertz CT molecular complexity index is 391. The van der Waals surface area contributed by atoms with Crippen molar-refractivity contribution in [2.75, 3.05) is 0 Å². The first-order chi connectivity index (χ1) is 8.00. The Kier molecular flexibility index (Phi) is 3.72. The van der Waals surface area contributed by atoms with Gasteiger partial charge in [0.15, 0.2) is 0 Å². The van der Waals surface area contributed by atoms with Gasteiger partial charge in [0.1, 0.15) is 11.0 Å². The van der Waals surface area contributed by atoms with Crippen LogP contribution in [0.1, 0.15) is 63.9 Å². The van der Waals surface area contributed by atoms with Crippen molar-refractivity contribution in [2.45, 2.75) is 58.8 Å². The fourth-order valence-corrected chi connectivity index (χ4v) is 2.72. The van der Waals surface area contributed by atoms with Gasteiger partial charge in [-0.3, -0.25) is 0 Å². The molecule has 0 aromatic carbocycles. The maximum Gasteiger partial charge on any atom is 0.133 e. The SMILES string of the molecule is CCc1cc(Cl)nc(C2CCC(C)(C)CC2)n1. The van der Waals surface area contributed by atoms with Gasteiger partial charge in [0, 0.05) is 11.6 Å². The highest BCUT2D eigenvalue weighted by Crippen LogP contribution is 2.41. The molecular weight excluding hydrogens is 232 g/mol. The van der Waals surface area contributed by atoms with E-state index in [4.69, 9.17) is 11.6 Å². The summed E-state index contributed by atoms with van der Waals surface area (Å²) < 4.78 is 0. The van der Waals surface area contributed by atoms with Crippen molar-refractivity contribution in [2.24, 2.45) is 5.41 Å². The molecule has 0 amide bonds. The van der Waals surface area contributed by atoms with Crippen molar-refractivity contribution in [3.05, 3.63) is 22.7 Å². The van der Waals surface area contributed by atoms with Crippen molar-refractivity contribution in [3.63, 3.8) is 0 Å². The predicted octanol–water partition coefficient (Wildman–Crippen LogP) is 4.38. The molecule has 17 heavy (non-hydrogen) atoms. The molecule has 1 fully saturated rings. The average Bonchev–Trinajstić information content (AvgIpc) is 2.28. The average molecular weight is 253 g/mol. The van der Waals surface area contributed by atoms with Gasteiger partial charge < -0.3 is 0 Å².